The van der Waals surface area contributed by atoms with Gasteiger partial charge in [-0.3, -0.25) is 9.89 Å². The Balaban J connectivity index is 2.57. The lowest BCUT2D eigenvalue weighted by molar-refractivity contribution is -0.115. The van der Waals surface area contributed by atoms with Gasteiger partial charge < -0.3 is 5.32 Å². The zero-order valence-electron chi connectivity index (χ0n) is 6.92. The van der Waals surface area contributed by atoms with Crippen molar-refractivity contribution in [2.45, 2.75) is 13.3 Å². The molecule has 0 aliphatic carbocycles. The summed E-state index contributed by atoms with van der Waals surface area (Å²) in [4.78, 5) is 11.0. The van der Waals surface area contributed by atoms with Gasteiger partial charge in [0.05, 0.1) is 6.20 Å². The molecule has 0 radical (unpaired) electrons. The highest BCUT2D eigenvalue weighted by Crippen LogP contribution is 2.08. The molecule has 0 spiro atoms. The number of aryl methyl sites for hydroxylation is 1. The Morgan fingerprint density at radius 2 is 2.67 bits per heavy atom. The van der Waals surface area contributed by atoms with Crippen molar-refractivity contribution >= 4 is 11.7 Å². The molecule has 0 unspecified atom stereocenters. The van der Waals surface area contributed by atoms with Gasteiger partial charge in [0, 0.05) is 12.0 Å². The number of carbonyl (C=O) groups excluding carboxylic acids is 1. The number of nitrogens with one attached hydrogen (secondary N) is 2. The smallest absolute Gasteiger partial charge is 0.229 e. The number of rotatable bonds is 3. The van der Waals surface area contributed by atoms with Crippen molar-refractivity contribution in [3.63, 3.8) is 0 Å². The molecule has 4 nitrogen and oxygen atoms in total. The molecule has 0 saturated heterocycles. The molecule has 0 saturated carbocycles. The zero-order valence-corrected chi connectivity index (χ0v) is 6.92. The van der Waals surface area contributed by atoms with Crippen LogP contribution in [-0.4, -0.2) is 16.1 Å². The third-order valence-electron chi connectivity index (χ3n) is 1.42. The minimum absolute atomic E-state index is 0.0858. The van der Waals surface area contributed by atoms with Gasteiger partial charge in [0.1, 0.15) is 5.82 Å². The molecule has 0 fully saturated rings. The van der Waals surface area contributed by atoms with E-state index in [0.717, 1.165) is 5.56 Å². The second kappa shape index (κ2) is 3.71. The lowest BCUT2D eigenvalue weighted by atomic mass is 10.3. The summed E-state index contributed by atoms with van der Waals surface area (Å²) in [5.74, 6) is 0.569. The molecule has 1 aromatic rings. The Bertz CT molecular complexity index is 290. The number of H-pyrrole nitrogens is 1. The predicted octanol–water partition coefficient (Wildman–Crippen LogP) is 1.23. The fourth-order valence-electron chi connectivity index (χ4n) is 0.794. The summed E-state index contributed by atoms with van der Waals surface area (Å²) < 4.78 is 0. The van der Waals surface area contributed by atoms with Crippen molar-refractivity contribution < 1.29 is 4.79 Å². The highest BCUT2D eigenvalue weighted by molar-refractivity contribution is 5.91. The fraction of sp³-hybridized carbons (Fsp3) is 0.250. The maximum absolute atomic E-state index is 11.0. The standard InChI is InChI=1S/C8H11N3O/c1-3-4-7(12)10-8-6(2)5-9-11-8/h3,5H,1,4H2,2H3,(H2,9,10,11,12). The number of anilines is 1. The summed E-state index contributed by atoms with van der Waals surface area (Å²) in [5.41, 5.74) is 0.924. The Hall–Kier alpha value is -1.58. The molecule has 1 heterocycles. The average Bonchev–Trinajstić information content (AvgIpc) is 2.37. The van der Waals surface area contributed by atoms with Crippen molar-refractivity contribution in [2.75, 3.05) is 5.32 Å². The number of amides is 1. The Morgan fingerprint density at radius 3 is 3.17 bits per heavy atom. The van der Waals surface area contributed by atoms with Crippen LogP contribution in [0.4, 0.5) is 5.82 Å². The molecule has 0 aliphatic heterocycles. The van der Waals surface area contributed by atoms with E-state index in [2.05, 4.69) is 22.1 Å². The Labute approximate surface area is 70.7 Å². The first-order chi connectivity index (χ1) is 5.74. The van der Waals surface area contributed by atoms with Crippen LogP contribution in [0.15, 0.2) is 18.9 Å². The number of aromatic nitrogens is 2. The van der Waals surface area contributed by atoms with Crippen LogP contribution in [0, 0.1) is 6.92 Å². The number of carbonyl (C=O) groups is 1. The zero-order chi connectivity index (χ0) is 8.97. The normalized spacial score (nSPS) is 9.42. The van der Waals surface area contributed by atoms with Gasteiger partial charge in [-0.1, -0.05) is 6.08 Å². The third-order valence-corrected chi connectivity index (χ3v) is 1.42. The lowest BCUT2D eigenvalue weighted by Gasteiger charge is -1.99. The van der Waals surface area contributed by atoms with Gasteiger partial charge in [0.2, 0.25) is 5.91 Å². The summed E-state index contributed by atoms with van der Waals surface area (Å²) >= 11 is 0. The van der Waals surface area contributed by atoms with E-state index < -0.39 is 0 Å². The number of nitrogens with zero attached hydrogens (tertiary/aromatic N) is 1. The number of hydrogen-bond acceptors (Lipinski definition) is 2. The first kappa shape index (κ1) is 8.52. The second-order valence-corrected chi connectivity index (χ2v) is 2.47. The molecule has 0 bridgehead atoms. The summed E-state index contributed by atoms with van der Waals surface area (Å²) in [5, 5.41) is 9.11. The average molecular weight is 165 g/mol. The second-order valence-electron chi connectivity index (χ2n) is 2.47. The highest BCUT2D eigenvalue weighted by Gasteiger charge is 2.02. The molecular formula is C8H11N3O. The van der Waals surface area contributed by atoms with Gasteiger partial charge in [0.25, 0.3) is 0 Å². The highest BCUT2D eigenvalue weighted by atomic mass is 16.1. The van der Waals surface area contributed by atoms with Crippen molar-refractivity contribution in [1.82, 2.24) is 10.2 Å². The molecule has 64 valence electrons. The van der Waals surface area contributed by atoms with Crippen molar-refractivity contribution in [3.8, 4) is 0 Å². The Morgan fingerprint density at radius 1 is 1.92 bits per heavy atom. The molecule has 2 N–H and O–H groups in total. The monoisotopic (exact) mass is 165 g/mol. The molecule has 1 amide bonds. The van der Waals surface area contributed by atoms with E-state index in [4.69, 9.17) is 0 Å². The van der Waals surface area contributed by atoms with Gasteiger partial charge in [-0.05, 0) is 6.92 Å². The summed E-state index contributed by atoms with van der Waals surface area (Å²) in [7, 11) is 0. The van der Waals surface area contributed by atoms with Crippen LogP contribution in [-0.2, 0) is 4.79 Å². The number of aromatic amines is 1. The van der Waals surface area contributed by atoms with Crippen molar-refractivity contribution in [3.05, 3.63) is 24.4 Å². The number of hydrogen-bond donors (Lipinski definition) is 2. The SMILES string of the molecule is C=CCC(=O)Nc1[nH]ncc1C. The van der Waals surface area contributed by atoms with Gasteiger partial charge in [-0.25, -0.2) is 0 Å². The summed E-state index contributed by atoms with van der Waals surface area (Å²) in [6.07, 6.45) is 3.53. The van der Waals surface area contributed by atoms with Crippen LogP contribution in [0.2, 0.25) is 0 Å². The first-order valence-electron chi connectivity index (χ1n) is 3.64. The van der Waals surface area contributed by atoms with E-state index in [1.165, 1.54) is 0 Å². The van der Waals surface area contributed by atoms with E-state index in [1.807, 2.05) is 6.92 Å². The van der Waals surface area contributed by atoms with Crippen LogP contribution < -0.4 is 5.32 Å². The fourth-order valence-corrected chi connectivity index (χ4v) is 0.794. The van der Waals surface area contributed by atoms with Crippen LogP contribution in [0.25, 0.3) is 0 Å². The quantitative estimate of drug-likeness (QED) is 0.662. The molecular weight excluding hydrogens is 154 g/mol. The molecule has 12 heavy (non-hydrogen) atoms. The van der Waals surface area contributed by atoms with Crippen LogP contribution >= 0.6 is 0 Å². The maximum Gasteiger partial charge on any atom is 0.229 e. The minimum atomic E-state index is -0.0858. The topological polar surface area (TPSA) is 57.8 Å². The van der Waals surface area contributed by atoms with E-state index in [0.29, 0.717) is 12.2 Å². The molecule has 0 aliphatic rings. The minimum Gasteiger partial charge on any atom is -0.311 e. The van der Waals surface area contributed by atoms with Crippen molar-refractivity contribution in [2.24, 2.45) is 0 Å². The Kier molecular flexibility index (Phi) is 2.63. The van der Waals surface area contributed by atoms with Crippen LogP contribution in [0.1, 0.15) is 12.0 Å². The van der Waals surface area contributed by atoms with Gasteiger partial charge in [-0.2, -0.15) is 5.10 Å². The van der Waals surface area contributed by atoms with E-state index >= 15 is 0 Å². The van der Waals surface area contributed by atoms with Crippen molar-refractivity contribution in [1.29, 1.82) is 0 Å². The van der Waals surface area contributed by atoms with E-state index in [1.54, 1.807) is 12.3 Å². The molecule has 0 aromatic carbocycles. The van der Waals surface area contributed by atoms with Crippen LogP contribution in [0.5, 0.6) is 0 Å². The molecule has 0 atom stereocenters. The van der Waals surface area contributed by atoms with E-state index in [9.17, 15) is 4.79 Å². The predicted molar refractivity (Wildman–Crippen MR) is 46.8 cm³/mol. The summed E-state index contributed by atoms with van der Waals surface area (Å²) in [6.45, 7) is 5.33. The summed E-state index contributed by atoms with van der Waals surface area (Å²) in [6, 6.07) is 0. The molecule has 4 heteroatoms. The maximum atomic E-state index is 11.0. The first-order valence-corrected chi connectivity index (χ1v) is 3.64. The third kappa shape index (κ3) is 1.95. The van der Waals surface area contributed by atoms with Gasteiger partial charge >= 0.3 is 0 Å². The van der Waals surface area contributed by atoms with Gasteiger partial charge in [-0.15, -0.1) is 6.58 Å². The van der Waals surface area contributed by atoms with Gasteiger partial charge in [0.15, 0.2) is 0 Å². The van der Waals surface area contributed by atoms with Crippen LogP contribution in [0.3, 0.4) is 0 Å². The van der Waals surface area contributed by atoms with E-state index in [-0.39, 0.29) is 5.91 Å². The molecule has 1 aromatic heterocycles. The largest absolute Gasteiger partial charge is 0.311 e. The lowest BCUT2D eigenvalue weighted by Crippen LogP contribution is -2.10. The molecule has 1 rings (SSSR count).